The number of H-pyrrole nitrogens is 1. The van der Waals surface area contributed by atoms with Gasteiger partial charge in [0.2, 0.25) is 6.79 Å². The predicted molar refractivity (Wildman–Crippen MR) is 156 cm³/mol. The third kappa shape index (κ3) is 8.26. The molecule has 3 N–H and O–H groups in total. The molecule has 1 aliphatic rings. The molecule has 5 rings (SSSR count). The van der Waals surface area contributed by atoms with E-state index in [1.165, 1.54) is 12.5 Å². The fourth-order valence-corrected chi connectivity index (χ4v) is 4.17. The van der Waals surface area contributed by atoms with Crippen LogP contribution in [0.15, 0.2) is 84.4 Å². The zero-order valence-electron chi connectivity index (χ0n) is 23.4. The van der Waals surface area contributed by atoms with E-state index in [1.807, 2.05) is 55.5 Å². The van der Waals surface area contributed by atoms with Crippen molar-refractivity contribution in [3.05, 3.63) is 102 Å². The maximum atomic E-state index is 13.0. The highest BCUT2D eigenvalue weighted by molar-refractivity contribution is 5.87. The van der Waals surface area contributed by atoms with Gasteiger partial charge in [-0.3, -0.25) is 4.79 Å². The van der Waals surface area contributed by atoms with Crippen LogP contribution in [0.3, 0.4) is 0 Å². The molecule has 0 unspecified atom stereocenters. The molecule has 2 heterocycles. The van der Waals surface area contributed by atoms with Gasteiger partial charge in [-0.15, -0.1) is 0 Å². The summed E-state index contributed by atoms with van der Waals surface area (Å²) in [6.45, 7) is 2.89. The molecule has 2 amide bonds. The number of aromatic amines is 1. The van der Waals surface area contributed by atoms with Gasteiger partial charge in [-0.2, -0.15) is 5.10 Å². The van der Waals surface area contributed by atoms with Crippen LogP contribution in [0.2, 0.25) is 0 Å². The Morgan fingerprint density at radius 3 is 2.67 bits per heavy atom. The molecule has 43 heavy (non-hydrogen) atoms. The van der Waals surface area contributed by atoms with E-state index in [9.17, 15) is 9.59 Å². The number of nitrogens with one attached hydrogen (secondary N) is 3. The Labute approximate surface area is 248 Å². The number of nitrogens with zero attached hydrogens (tertiary/aromatic N) is 2. The maximum absolute atomic E-state index is 13.0. The number of carbonyl (C=O) groups excluding carboxylic acids is 2. The molecule has 0 radical (unpaired) electrons. The molecule has 0 saturated heterocycles. The molecular weight excluding hydrogens is 554 g/mol. The summed E-state index contributed by atoms with van der Waals surface area (Å²) in [7, 11) is 0. The smallest absolute Gasteiger partial charge is 0.408 e. The minimum atomic E-state index is -0.966. The maximum Gasteiger partial charge on any atom is 0.408 e. The van der Waals surface area contributed by atoms with Crippen LogP contribution in [-0.4, -0.2) is 47.6 Å². The van der Waals surface area contributed by atoms with Crippen molar-refractivity contribution in [2.24, 2.45) is 5.10 Å². The number of rotatable bonds is 13. The Balaban J connectivity index is 1.19. The summed E-state index contributed by atoms with van der Waals surface area (Å²) in [6, 6.07) is 19.2. The van der Waals surface area contributed by atoms with Gasteiger partial charge in [0.05, 0.1) is 19.1 Å². The molecule has 1 atom stereocenters. The summed E-state index contributed by atoms with van der Waals surface area (Å²) in [5.41, 5.74) is 5.56. The van der Waals surface area contributed by atoms with Crippen molar-refractivity contribution in [3.8, 4) is 23.0 Å². The van der Waals surface area contributed by atoms with E-state index in [2.05, 4.69) is 25.8 Å². The molecule has 3 aromatic carbocycles. The lowest BCUT2D eigenvalue weighted by Gasteiger charge is -2.16. The van der Waals surface area contributed by atoms with Crippen molar-refractivity contribution in [2.75, 3.05) is 13.4 Å². The summed E-state index contributed by atoms with van der Waals surface area (Å²) in [6.07, 6.45) is 3.97. The molecule has 0 bridgehead atoms. The second-order valence-electron chi connectivity index (χ2n) is 9.39. The zero-order valence-corrected chi connectivity index (χ0v) is 23.4. The number of fused-ring (bicyclic) bond motifs is 1. The van der Waals surface area contributed by atoms with Gasteiger partial charge in [-0.05, 0) is 53.9 Å². The van der Waals surface area contributed by atoms with Gasteiger partial charge < -0.3 is 34.0 Å². The highest BCUT2D eigenvalue weighted by atomic mass is 16.7. The fraction of sp³-hybridized carbons (Fsp3) is 0.226. The number of benzene rings is 3. The number of hydrogen-bond donors (Lipinski definition) is 3. The van der Waals surface area contributed by atoms with E-state index < -0.39 is 18.0 Å². The fourth-order valence-electron chi connectivity index (χ4n) is 4.17. The Kier molecular flexibility index (Phi) is 9.71. The SMILES string of the molecule is CCOc1cc(/C=N\NC(=O)[C@H](Cc2cnc[nH]2)NC(=O)OCc2ccccc2)ccc1OCc1ccc2c(c1)OCO2. The van der Waals surface area contributed by atoms with E-state index in [-0.39, 0.29) is 19.8 Å². The van der Waals surface area contributed by atoms with Gasteiger partial charge in [0.1, 0.15) is 19.3 Å². The van der Waals surface area contributed by atoms with Crippen LogP contribution >= 0.6 is 0 Å². The molecule has 12 heteroatoms. The van der Waals surface area contributed by atoms with Crippen LogP contribution in [0, 0.1) is 0 Å². The summed E-state index contributed by atoms with van der Waals surface area (Å²) >= 11 is 0. The lowest BCUT2D eigenvalue weighted by atomic mass is 10.1. The van der Waals surface area contributed by atoms with Crippen molar-refractivity contribution in [3.63, 3.8) is 0 Å². The second kappa shape index (κ2) is 14.4. The number of aromatic nitrogens is 2. The zero-order chi connectivity index (χ0) is 29.9. The first-order valence-electron chi connectivity index (χ1n) is 13.6. The van der Waals surface area contributed by atoms with Gasteiger partial charge in [0.15, 0.2) is 23.0 Å². The van der Waals surface area contributed by atoms with Crippen LogP contribution in [0.25, 0.3) is 0 Å². The van der Waals surface area contributed by atoms with Gasteiger partial charge in [-0.25, -0.2) is 15.2 Å². The number of hydrazone groups is 1. The summed E-state index contributed by atoms with van der Waals surface area (Å²) in [5.74, 6) is 1.94. The summed E-state index contributed by atoms with van der Waals surface area (Å²) < 4.78 is 27.9. The number of amides is 2. The first-order chi connectivity index (χ1) is 21.1. The Hall–Kier alpha value is -5.52. The molecule has 0 spiro atoms. The standard InChI is InChI=1S/C31H31N5O7/c1-2-39-28-12-22(8-10-26(28)40-18-23-9-11-27-29(13-23)43-20-42-27)15-34-36-30(37)25(14-24-16-32-19-33-24)35-31(38)41-17-21-6-4-3-5-7-21/h3-13,15-16,19,25H,2,14,17-18,20H2,1H3,(H,32,33)(H,35,38)(H,36,37)/b34-15-/t25-/m0/s1. The Morgan fingerprint density at radius 2 is 1.86 bits per heavy atom. The average Bonchev–Trinajstić information content (AvgIpc) is 3.72. The first kappa shape index (κ1) is 29.0. The van der Waals surface area contributed by atoms with Gasteiger partial charge in [0.25, 0.3) is 5.91 Å². The molecule has 0 aliphatic carbocycles. The minimum Gasteiger partial charge on any atom is -0.490 e. The number of alkyl carbamates (subject to hydrolysis) is 1. The van der Waals surface area contributed by atoms with Crippen molar-refractivity contribution in [1.82, 2.24) is 20.7 Å². The molecule has 222 valence electrons. The lowest BCUT2D eigenvalue weighted by molar-refractivity contribution is -0.123. The van der Waals surface area contributed by atoms with Crippen LogP contribution in [-0.2, 0) is 29.2 Å². The molecule has 1 aliphatic heterocycles. The average molecular weight is 586 g/mol. The van der Waals surface area contributed by atoms with E-state index in [0.717, 1.165) is 11.1 Å². The highest BCUT2D eigenvalue weighted by Crippen LogP contribution is 2.34. The minimum absolute atomic E-state index is 0.0712. The van der Waals surface area contributed by atoms with Crippen molar-refractivity contribution in [1.29, 1.82) is 0 Å². The van der Waals surface area contributed by atoms with Crippen molar-refractivity contribution in [2.45, 2.75) is 32.6 Å². The molecular formula is C31H31N5O7. The molecule has 0 fully saturated rings. The topological polar surface area (TPSA) is 145 Å². The van der Waals surface area contributed by atoms with Crippen LogP contribution in [0.1, 0.15) is 29.3 Å². The first-order valence-corrected chi connectivity index (χ1v) is 13.6. The molecule has 0 saturated carbocycles. The van der Waals surface area contributed by atoms with Crippen LogP contribution < -0.4 is 29.7 Å². The van der Waals surface area contributed by atoms with Gasteiger partial charge in [-0.1, -0.05) is 36.4 Å². The van der Waals surface area contributed by atoms with E-state index in [1.54, 1.807) is 24.4 Å². The second-order valence-corrected chi connectivity index (χ2v) is 9.39. The number of carbonyl (C=O) groups is 2. The third-order valence-electron chi connectivity index (χ3n) is 6.29. The monoisotopic (exact) mass is 585 g/mol. The Bertz CT molecular complexity index is 1540. The van der Waals surface area contributed by atoms with E-state index in [4.69, 9.17) is 23.7 Å². The molecule has 4 aromatic rings. The van der Waals surface area contributed by atoms with E-state index in [0.29, 0.717) is 47.5 Å². The third-order valence-corrected chi connectivity index (χ3v) is 6.29. The summed E-state index contributed by atoms with van der Waals surface area (Å²) in [4.78, 5) is 32.4. The summed E-state index contributed by atoms with van der Waals surface area (Å²) in [5, 5.41) is 6.69. The van der Waals surface area contributed by atoms with E-state index >= 15 is 0 Å². The number of hydrogen-bond acceptors (Lipinski definition) is 9. The molecule has 1 aromatic heterocycles. The van der Waals surface area contributed by atoms with Crippen LogP contribution in [0.4, 0.5) is 4.79 Å². The number of imidazole rings is 1. The predicted octanol–water partition coefficient (Wildman–Crippen LogP) is 4.10. The highest BCUT2D eigenvalue weighted by Gasteiger charge is 2.22. The Morgan fingerprint density at radius 1 is 1.00 bits per heavy atom. The van der Waals surface area contributed by atoms with Gasteiger partial charge in [0, 0.05) is 18.3 Å². The molecule has 12 nitrogen and oxygen atoms in total. The van der Waals surface area contributed by atoms with Crippen LogP contribution in [0.5, 0.6) is 23.0 Å². The quantitative estimate of drug-likeness (QED) is 0.157. The number of ether oxygens (including phenoxy) is 5. The normalized spacial score (nSPS) is 12.5. The van der Waals surface area contributed by atoms with Gasteiger partial charge >= 0.3 is 6.09 Å². The largest absolute Gasteiger partial charge is 0.490 e. The van der Waals surface area contributed by atoms with Crippen molar-refractivity contribution >= 4 is 18.2 Å². The van der Waals surface area contributed by atoms with Crippen molar-refractivity contribution < 1.29 is 33.3 Å². The lowest BCUT2D eigenvalue weighted by Crippen LogP contribution is -2.47.